The van der Waals surface area contributed by atoms with E-state index in [4.69, 9.17) is 19.8 Å². The first kappa shape index (κ1) is 17.1. The quantitative estimate of drug-likeness (QED) is 0.768. The fraction of sp³-hybridized carbons (Fsp3) is 0.667. The van der Waals surface area contributed by atoms with Gasteiger partial charge >= 0.3 is 0 Å². The molecule has 7 heteroatoms. The highest BCUT2D eigenvalue weighted by molar-refractivity contribution is 7.19. The monoisotopic (exact) mass is 362 g/mol. The Morgan fingerprint density at radius 3 is 2.84 bits per heavy atom. The molecule has 2 aromatic rings. The number of hydrogen-bond acceptors (Lipinski definition) is 7. The van der Waals surface area contributed by atoms with Gasteiger partial charge in [0.1, 0.15) is 16.5 Å². The lowest BCUT2D eigenvalue weighted by Gasteiger charge is -2.25. The maximum Gasteiger partial charge on any atom is 0.146 e. The van der Waals surface area contributed by atoms with Crippen LogP contribution in [-0.2, 0) is 24.1 Å². The standard InChI is InChI=1S/C18H26N4O2S/c23-9-3-6-19-17-16-13-4-1-2-5-14(13)25-18(16)21-15(20-17)12-22-7-10-24-11-8-22/h23H,1-12H2,(H,19,20,21). The summed E-state index contributed by atoms with van der Waals surface area (Å²) in [5.74, 6) is 1.85. The molecule has 25 heavy (non-hydrogen) atoms. The number of nitrogens with one attached hydrogen (secondary N) is 1. The minimum atomic E-state index is 0.198. The number of morpholine rings is 1. The molecular weight excluding hydrogens is 336 g/mol. The second-order valence-corrected chi connectivity index (χ2v) is 7.86. The van der Waals surface area contributed by atoms with Crippen LogP contribution in [0.25, 0.3) is 10.2 Å². The summed E-state index contributed by atoms with van der Waals surface area (Å²) < 4.78 is 5.44. The number of aliphatic hydroxyl groups is 1. The van der Waals surface area contributed by atoms with Crippen molar-refractivity contribution in [1.29, 1.82) is 0 Å². The molecule has 0 radical (unpaired) electrons. The van der Waals surface area contributed by atoms with E-state index in [0.717, 1.165) is 68.7 Å². The zero-order valence-electron chi connectivity index (χ0n) is 14.6. The lowest BCUT2D eigenvalue weighted by atomic mass is 9.97. The first-order valence-corrected chi connectivity index (χ1v) is 10.1. The first-order chi connectivity index (χ1) is 12.3. The van der Waals surface area contributed by atoms with E-state index in [9.17, 15) is 0 Å². The number of aryl methyl sites for hydroxylation is 2. The van der Waals surface area contributed by atoms with Crippen molar-refractivity contribution in [1.82, 2.24) is 14.9 Å². The van der Waals surface area contributed by atoms with Crippen LogP contribution in [0, 0.1) is 0 Å². The molecule has 1 saturated heterocycles. The molecule has 1 aliphatic heterocycles. The van der Waals surface area contributed by atoms with E-state index in [1.165, 1.54) is 35.1 Å². The van der Waals surface area contributed by atoms with E-state index in [-0.39, 0.29) is 6.61 Å². The van der Waals surface area contributed by atoms with E-state index in [1.807, 2.05) is 11.3 Å². The van der Waals surface area contributed by atoms with Gasteiger partial charge in [0.05, 0.1) is 25.1 Å². The van der Waals surface area contributed by atoms with Crippen LogP contribution >= 0.6 is 11.3 Å². The molecule has 0 unspecified atom stereocenters. The van der Waals surface area contributed by atoms with Crippen LogP contribution in [-0.4, -0.2) is 59.4 Å². The van der Waals surface area contributed by atoms with Crippen LogP contribution in [0.4, 0.5) is 5.82 Å². The van der Waals surface area contributed by atoms with Gasteiger partial charge in [-0.2, -0.15) is 0 Å². The predicted octanol–water partition coefficient (Wildman–Crippen LogP) is 2.20. The number of anilines is 1. The van der Waals surface area contributed by atoms with Gasteiger partial charge in [0.25, 0.3) is 0 Å². The molecule has 4 rings (SSSR count). The molecule has 0 atom stereocenters. The van der Waals surface area contributed by atoms with Crippen LogP contribution in [0.1, 0.15) is 35.5 Å². The number of nitrogens with zero attached hydrogens (tertiary/aromatic N) is 3. The second-order valence-electron chi connectivity index (χ2n) is 6.77. The molecule has 3 heterocycles. The highest BCUT2D eigenvalue weighted by atomic mass is 32.1. The van der Waals surface area contributed by atoms with E-state index < -0.39 is 0 Å². The minimum Gasteiger partial charge on any atom is -0.396 e. The molecule has 0 aromatic carbocycles. The normalized spacial score (nSPS) is 18.4. The van der Waals surface area contributed by atoms with Gasteiger partial charge in [-0.1, -0.05) is 0 Å². The van der Waals surface area contributed by atoms with Gasteiger partial charge in [0, 0.05) is 31.1 Å². The molecular formula is C18H26N4O2S. The molecule has 1 aliphatic carbocycles. The largest absolute Gasteiger partial charge is 0.396 e. The zero-order chi connectivity index (χ0) is 17.1. The summed E-state index contributed by atoms with van der Waals surface area (Å²) in [4.78, 5) is 14.7. The number of aromatic nitrogens is 2. The van der Waals surface area contributed by atoms with E-state index in [0.29, 0.717) is 0 Å². The average Bonchev–Trinajstić information content (AvgIpc) is 3.01. The molecule has 6 nitrogen and oxygen atoms in total. The van der Waals surface area contributed by atoms with Crippen LogP contribution in [0.3, 0.4) is 0 Å². The lowest BCUT2D eigenvalue weighted by Crippen LogP contribution is -2.36. The number of fused-ring (bicyclic) bond motifs is 3. The van der Waals surface area contributed by atoms with Gasteiger partial charge in [0.15, 0.2) is 0 Å². The van der Waals surface area contributed by atoms with Gasteiger partial charge < -0.3 is 15.2 Å². The molecule has 2 aromatic heterocycles. The summed E-state index contributed by atoms with van der Waals surface area (Å²) in [6.45, 7) is 5.17. The third kappa shape index (κ3) is 3.79. The maximum absolute atomic E-state index is 9.09. The van der Waals surface area contributed by atoms with Crippen molar-refractivity contribution >= 4 is 27.4 Å². The Kier molecular flexibility index (Phi) is 5.45. The van der Waals surface area contributed by atoms with Crippen LogP contribution in [0.2, 0.25) is 0 Å². The molecule has 0 amide bonds. The fourth-order valence-corrected chi connectivity index (χ4v) is 4.93. The maximum atomic E-state index is 9.09. The second kappa shape index (κ2) is 7.95. The Bertz CT molecular complexity index is 727. The van der Waals surface area contributed by atoms with Gasteiger partial charge in [-0.3, -0.25) is 4.90 Å². The molecule has 1 fully saturated rings. The lowest BCUT2D eigenvalue weighted by molar-refractivity contribution is 0.0331. The first-order valence-electron chi connectivity index (χ1n) is 9.31. The molecule has 2 N–H and O–H groups in total. The number of rotatable bonds is 6. The Hall–Kier alpha value is -1.28. The number of aliphatic hydroxyl groups excluding tert-OH is 1. The number of ether oxygens (including phenoxy) is 1. The van der Waals surface area contributed by atoms with E-state index in [1.54, 1.807) is 0 Å². The molecule has 0 spiro atoms. The van der Waals surface area contributed by atoms with Gasteiger partial charge in [-0.15, -0.1) is 11.3 Å². The van der Waals surface area contributed by atoms with Crippen molar-refractivity contribution in [3.05, 3.63) is 16.3 Å². The average molecular weight is 362 g/mol. The summed E-state index contributed by atoms with van der Waals surface area (Å²) in [6, 6.07) is 0. The summed E-state index contributed by atoms with van der Waals surface area (Å²) in [6.07, 6.45) is 5.57. The Labute approximate surface area is 152 Å². The smallest absolute Gasteiger partial charge is 0.146 e. The van der Waals surface area contributed by atoms with Crippen molar-refractivity contribution < 1.29 is 9.84 Å². The molecule has 2 aliphatic rings. The Balaban J connectivity index is 1.66. The van der Waals surface area contributed by atoms with Gasteiger partial charge in [-0.05, 0) is 37.7 Å². The van der Waals surface area contributed by atoms with Crippen molar-refractivity contribution in [2.24, 2.45) is 0 Å². The highest BCUT2D eigenvalue weighted by Crippen LogP contribution is 2.38. The minimum absolute atomic E-state index is 0.198. The van der Waals surface area contributed by atoms with E-state index >= 15 is 0 Å². The van der Waals surface area contributed by atoms with Crippen molar-refractivity contribution in [3.63, 3.8) is 0 Å². The number of hydrogen-bond donors (Lipinski definition) is 2. The van der Waals surface area contributed by atoms with Crippen molar-refractivity contribution in [2.75, 3.05) is 44.8 Å². The summed E-state index contributed by atoms with van der Waals surface area (Å²) >= 11 is 1.85. The fourth-order valence-electron chi connectivity index (χ4n) is 3.65. The van der Waals surface area contributed by atoms with Crippen LogP contribution in [0.15, 0.2) is 0 Å². The molecule has 136 valence electrons. The molecule has 0 saturated carbocycles. The van der Waals surface area contributed by atoms with Crippen LogP contribution < -0.4 is 5.32 Å². The SMILES string of the molecule is OCCCNc1nc(CN2CCOCC2)nc2sc3c(c12)CCCC3. The summed E-state index contributed by atoms with van der Waals surface area (Å²) in [5, 5.41) is 13.8. The highest BCUT2D eigenvalue weighted by Gasteiger charge is 2.22. The van der Waals surface area contributed by atoms with E-state index in [2.05, 4.69) is 10.2 Å². The third-order valence-corrected chi connectivity index (χ3v) is 6.14. The Morgan fingerprint density at radius 1 is 1.16 bits per heavy atom. The zero-order valence-corrected chi connectivity index (χ0v) is 15.4. The topological polar surface area (TPSA) is 70.5 Å². The Morgan fingerprint density at radius 2 is 2.00 bits per heavy atom. The summed E-state index contributed by atoms with van der Waals surface area (Å²) in [5.41, 5.74) is 1.45. The predicted molar refractivity (Wildman–Crippen MR) is 100 cm³/mol. The van der Waals surface area contributed by atoms with Gasteiger partial charge in [0.2, 0.25) is 0 Å². The summed E-state index contributed by atoms with van der Waals surface area (Å²) in [7, 11) is 0. The van der Waals surface area contributed by atoms with Gasteiger partial charge in [-0.25, -0.2) is 9.97 Å². The molecule has 0 bridgehead atoms. The van der Waals surface area contributed by atoms with Crippen molar-refractivity contribution in [2.45, 2.75) is 38.6 Å². The van der Waals surface area contributed by atoms with Crippen molar-refractivity contribution in [3.8, 4) is 0 Å². The number of thiophene rings is 1. The third-order valence-electron chi connectivity index (χ3n) is 4.96. The van der Waals surface area contributed by atoms with Crippen LogP contribution in [0.5, 0.6) is 0 Å².